The Morgan fingerprint density at radius 2 is 2.09 bits per heavy atom. The number of rotatable bonds is 6. The Hall–Kier alpha value is -1.92. The highest BCUT2D eigenvalue weighted by Crippen LogP contribution is 2.47. The zero-order valence-electron chi connectivity index (χ0n) is 12.9. The van der Waals surface area contributed by atoms with E-state index < -0.39 is 11.5 Å². The molecule has 1 aliphatic carbocycles. The van der Waals surface area contributed by atoms with Gasteiger partial charge < -0.3 is 10.8 Å². The lowest BCUT2D eigenvalue weighted by Gasteiger charge is -2.14. The summed E-state index contributed by atoms with van der Waals surface area (Å²) in [4.78, 5) is 16.4. The fraction of sp³-hybridized carbons (Fsp3) is 0.438. The van der Waals surface area contributed by atoms with E-state index in [0.29, 0.717) is 42.5 Å². The molecule has 1 amide bonds. The van der Waals surface area contributed by atoms with Gasteiger partial charge in [-0.3, -0.25) is 4.79 Å². The standard InChI is InChI=1S/C16H19ClN4O2/c1-2-12(22)9-21-15(16(7-8-16)14(18)23)19-13(20-21)10-3-5-11(17)6-4-10/h3-6,12,22H,2,7-9H2,1H3,(H2,18,23). The summed E-state index contributed by atoms with van der Waals surface area (Å²) in [5, 5.41) is 15.1. The number of nitrogens with two attached hydrogens (primary N) is 1. The molecule has 1 aromatic carbocycles. The van der Waals surface area contributed by atoms with Crippen LogP contribution in [-0.2, 0) is 16.8 Å². The summed E-state index contributed by atoms with van der Waals surface area (Å²) in [5.74, 6) is 0.662. The number of benzene rings is 1. The first-order valence-electron chi connectivity index (χ1n) is 7.65. The maximum absolute atomic E-state index is 11.8. The summed E-state index contributed by atoms with van der Waals surface area (Å²) in [6, 6.07) is 7.18. The Labute approximate surface area is 139 Å². The Morgan fingerprint density at radius 3 is 2.61 bits per heavy atom. The number of carbonyl (C=O) groups excluding carboxylic acids is 1. The van der Waals surface area contributed by atoms with Gasteiger partial charge in [0.15, 0.2) is 5.82 Å². The normalized spacial score (nSPS) is 17.0. The molecule has 3 rings (SSSR count). The van der Waals surface area contributed by atoms with Gasteiger partial charge in [-0.05, 0) is 43.5 Å². The van der Waals surface area contributed by atoms with Crippen LogP contribution in [0.25, 0.3) is 11.4 Å². The number of aliphatic hydroxyl groups excluding tert-OH is 1. The maximum atomic E-state index is 11.8. The number of nitrogens with zero attached hydrogens (tertiary/aromatic N) is 3. The van der Waals surface area contributed by atoms with Crippen molar-refractivity contribution in [2.24, 2.45) is 5.73 Å². The van der Waals surface area contributed by atoms with Crippen molar-refractivity contribution in [3.8, 4) is 11.4 Å². The third-order valence-corrected chi connectivity index (χ3v) is 4.53. The number of amides is 1. The molecule has 1 heterocycles. The summed E-state index contributed by atoms with van der Waals surface area (Å²) >= 11 is 5.91. The maximum Gasteiger partial charge on any atom is 0.231 e. The number of aromatic nitrogens is 3. The van der Waals surface area contributed by atoms with Crippen LogP contribution >= 0.6 is 11.6 Å². The number of aliphatic hydroxyl groups is 1. The van der Waals surface area contributed by atoms with Crippen LogP contribution in [0.4, 0.5) is 0 Å². The lowest BCUT2D eigenvalue weighted by molar-refractivity contribution is -0.120. The van der Waals surface area contributed by atoms with Gasteiger partial charge >= 0.3 is 0 Å². The quantitative estimate of drug-likeness (QED) is 0.843. The van der Waals surface area contributed by atoms with E-state index >= 15 is 0 Å². The van der Waals surface area contributed by atoms with Gasteiger partial charge in [-0.25, -0.2) is 9.67 Å². The van der Waals surface area contributed by atoms with Crippen molar-refractivity contribution < 1.29 is 9.90 Å². The Bertz CT molecular complexity index is 722. The van der Waals surface area contributed by atoms with Gasteiger partial charge in [0.1, 0.15) is 11.2 Å². The van der Waals surface area contributed by atoms with E-state index in [0.717, 1.165) is 5.56 Å². The molecule has 0 radical (unpaired) electrons. The number of halogens is 1. The predicted molar refractivity (Wildman–Crippen MR) is 86.9 cm³/mol. The molecule has 122 valence electrons. The third-order valence-electron chi connectivity index (χ3n) is 4.28. The minimum absolute atomic E-state index is 0.293. The highest BCUT2D eigenvalue weighted by molar-refractivity contribution is 6.30. The van der Waals surface area contributed by atoms with Crippen LogP contribution in [0.1, 0.15) is 32.0 Å². The van der Waals surface area contributed by atoms with Crippen LogP contribution in [-0.4, -0.2) is 31.9 Å². The van der Waals surface area contributed by atoms with Gasteiger partial charge in [-0.15, -0.1) is 0 Å². The molecule has 1 atom stereocenters. The number of hydrogen-bond donors (Lipinski definition) is 2. The summed E-state index contributed by atoms with van der Waals surface area (Å²) in [7, 11) is 0. The molecule has 1 unspecified atom stereocenters. The number of hydrogen-bond acceptors (Lipinski definition) is 4. The number of carbonyl (C=O) groups is 1. The van der Waals surface area contributed by atoms with Gasteiger partial charge in [-0.1, -0.05) is 18.5 Å². The number of primary amides is 1. The Balaban J connectivity index is 2.03. The van der Waals surface area contributed by atoms with Crippen molar-refractivity contribution in [3.63, 3.8) is 0 Å². The first-order valence-corrected chi connectivity index (χ1v) is 8.03. The van der Waals surface area contributed by atoms with Crippen LogP contribution in [0.3, 0.4) is 0 Å². The molecule has 1 aliphatic rings. The monoisotopic (exact) mass is 334 g/mol. The van der Waals surface area contributed by atoms with Gasteiger partial charge in [0.2, 0.25) is 5.91 Å². The lowest BCUT2D eigenvalue weighted by Crippen LogP contribution is -2.32. The topological polar surface area (TPSA) is 94.0 Å². The molecular weight excluding hydrogens is 316 g/mol. The molecule has 6 nitrogen and oxygen atoms in total. The highest BCUT2D eigenvalue weighted by atomic mass is 35.5. The van der Waals surface area contributed by atoms with Crippen LogP contribution in [0.15, 0.2) is 24.3 Å². The van der Waals surface area contributed by atoms with Gasteiger partial charge in [0.25, 0.3) is 0 Å². The first kappa shape index (κ1) is 16.0. The molecular formula is C16H19ClN4O2. The van der Waals surface area contributed by atoms with Crippen LogP contribution < -0.4 is 5.73 Å². The van der Waals surface area contributed by atoms with Crippen molar-refractivity contribution >= 4 is 17.5 Å². The van der Waals surface area contributed by atoms with Crippen molar-refractivity contribution in [3.05, 3.63) is 35.1 Å². The van der Waals surface area contributed by atoms with Gasteiger partial charge in [-0.2, -0.15) is 5.10 Å². The summed E-state index contributed by atoms with van der Waals surface area (Å²) < 4.78 is 1.62. The predicted octanol–water partition coefficient (Wildman–Crippen LogP) is 1.89. The van der Waals surface area contributed by atoms with Crippen molar-refractivity contribution in [2.75, 3.05) is 0 Å². The van der Waals surface area contributed by atoms with E-state index in [9.17, 15) is 9.90 Å². The first-order chi connectivity index (χ1) is 11.0. The summed E-state index contributed by atoms with van der Waals surface area (Å²) in [6.45, 7) is 2.18. The molecule has 1 aromatic heterocycles. The molecule has 0 saturated heterocycles. The van der Waals surface area contributed by atoms with E-state index in [1.165, 1.54) is 0 Å². The van der Waals surface area contributed by atoms with Gasteiger partial charge in [0.05, 0.1) is 12.6 Å². The second-order valence-corrected chi connectivity index (χ2v) is 6.39. The lowest BCUT2D eigenvalue weighted by atomic mass is 10.1. The largest absolute Gasteiger partial charge is 0.391 e. The highest BCUT2D eigenvalue weighted by Gasteiger charge is 2.54. The second-order valence-electron chi connectivity index (χ2n) is 5.96. The molecule has 0 bridgehead atoms. The van der Waals surface area contributed by atoms with Crippen LogP contribution in [0.2, 0.25) is 5.02 Å². The fourth-order valence-electron chi connectivity index (χ4n) is 2.58. The van der Waals surface area contributed by atoms with Crippen molar-refractivity contribution in [1.29, 1.82) is 0 Å². The molecule has 0 spiro atoms. The van der Waals surface area contributed by atoms with Crippen LogP contribution in [0.5, 0.6) is 0 Å². The molecule has 0 aliphatic heterocycles. The van der Waals surface area contributed by atoms with E-state index in [4.69, 9.17) is 17.3 Å². The van der Waals surface area contributed by atoms with E-state index in [1.807, 2.05) is 19.1 Å². The molecule has 2 aromatic rings. The average molecular weight is 335 g/mol. The average Bonchev–Trinajstić information content (AvgIpc) is 3.24. The molecule has 7 heteroatoms. The molecule has 1 fully saturated rings. The fourth-order valence-corrected chi connectivity index (χ4v) is 2.70. The smallest absolute Gasteiger partial charge is 0.231 e. The van der Waals surface area contributed by atoms with Crippen LogP contribution in [0, 0.1) is 0 Å². The Morgan fingerprint density at radius 1 is 1.43 bits per heavy atom. The van der Waals surface area contributed by atoms with Crippen molar-refractivity contribution in [1.82, 2.24) is 14.8 Å². The molecule has 3 N–H and O–H groups in total. The van der Waals surface area contributed by atoms with Crippen molar-refractivity contribution in [2.45, 2.75) is 44.2 Å². The van der Waals surface area contributed by atoms with Gasteiger partial charge in [0, 0.05) is 10.6 Å². The third kappa shape index (κ3) is 2.96. The summed E-state index contributed by atoms with van der Waals surface area (Å²) in [5.41, 5.74) is 5.63. The summed E-state index contributed by atoms with van der Waals surface area (Å²) in [6.07, 6.45) is 1.39. The molecule has 1 saturated carbocycles. The molecule has 23 heavy (non-hydrogen) atoms. The minimum atomic E-state index is -0.745. The zero-order chi connectivity index (χ0) is 16.6. The minimum Gasteiger partial charge on any atom is -0.391 e. The van der Waals surface area contributed by atoms with E-state index in [-0.39, 0.29) is 5.91 Å². The second kappa shape index (κ2) is 5.94. The Kier molecular flexibility index (Phi) is 4.12. The zero-order valence-corrected chi connectivity index (χ0v) is 13.6. The SMILES string of the molecule is CCC(O)Cn1nc(-c2ccc(Cl)cc2)nc1C1(C(N)=O)CC1. The van der Waals surface area contributed by atoms with E-state index in [1.54, 1.807) is 16.8 Å². The van der Waals surface area contributed by atoms with E-state index in [2.05, 4.69) is 10.1 Å².